The van der Waals surface area contributed by atoms with Gasteiger partial charge >= 0.3 is 81.2 Å². The number of hydrogen-bond acceptors (Lipinski definition) is 5. The molecule has 0 aromatic heterocycles. The van der Waals surface area contributed by atoms with E-state index < -0.39 is 73.3 Å². The number of carbonyl (C=O) groups is 5. The van der Waals surface area contributed by atoms with Crippen molar-refractivity contribution in [1.29, 1.82) is 0 Å². The van der Waals surface area contributed by atoms with Crippen LogP contribution in [0.2, 0.25) is 0 Å². The van der Waals surface area contributed by atoms with E-state index in [1.807, 2.05) is 0 Å². The van der Waals surface area contributed by atoms with Gasteiger partial charge in [-0.05, 0) is 5.92 Å². The van der Waals surface area contributed by atoms with Crippen LogP contribution in [0.3, 0.4) is 0 Å². The molecule has 0 aromatic rings. The molecule has 0 saturated heterocycles. The molecule has 0 aliphatic rings. The Labute approximate surface area is 172 Å². The van der Waals surface area contributed by atoms with Gasteiger partial charge in [0, 0.05) is 18.3 Å². The van der Waals surface area contributed by atoms with Crippen LogP contribution < -0.4 is 0 Å². The number of hydrogen-bond donors (Lipinski definition) is 5. The van der Waals surface area contributed by atoms with Gasteiger partial charge in [0.25, 0.3) is 0 Å². The van der Waals surface area contributed by atoms with Crippen molar-refractivity contribution in [2.24, 2.45) is 11.3 Å². The van der Waals surface area contributed by atoms with Crippen LogP contribution in [0.1, 0.15) is 32.1 Å². The van der Waals surface area contributed by atoms with E-state index >= 15 is 0 Å². The van der Waals surface area contributed by atoms with Gasteiger partial charge in [-0.2, -0.15) is 0 Å². The fourth-order valence-corrected chi connectivity index (χ4v) is 2.45. The van der Waals surface area contributed by atoms with E-state index in [1.165, 1.54) is 0 Å². The molecule has 0 aliphatic carbocycles. The van der Waals surface area contributed by atoms with Crippen LogP contribution in [0.25, 0.3) is 0 Å². The Hall–Kier alpha value is -1.01. The second-order valence-electron chi connectivity index (χ2n) is 4.97. The van der Waals surface area contributed by atoms with Gasteiger partial charge in [-0.15, -0.1) is 0 Å². The summed E-state index contributed by atoms with van der Waals surface area (Å²) in [5.41, 5.74) is -2.01. The molecule has 0 fully saturated rings. The molecule has 5 N–H and O–H groups in total. The molecule has 10 nitrogen and oxygen atoms in total. The SMILES string of the molecule is O=C(O)CC(CC(=O)O)C(CC(=O)O)(CC(=O)O)CC(=O)O.[KH]. The summed E-state index contributed by atoms with van der Waals surface area (Å²) in [6.07, 6.45) is -4.58. The molecule has 0 saturated carbocycles. The fourth-order valence-electron chi connectivity index (χ4n) is 2.45. The van der Waals surface area contributed by atoms with Crippen LogP contribution in [-0.4, -0.2) is 107 Å². The maximum atomic E-state index is 11.0. The van der Waals surface area contributed by atoms with Crippen molar-refractivity contribution in [1.82, 2.24) is 0 Å². The normalized spacial score (nSPS) is 10.7. The van der Waals surface area contributed by atoms with E-state index in [-0.39, 0.29) is 51.4 Å². The van der Waals surface area contributed by atoms with Crippen LogP contribution in [0.15, 0.2) is 0 Å². The van der Waals surface area contributed by atoms with Crippen LogP contribution in [0.5, 0.6) is 0 Å². The predicted octanol–water partition coefficient (Wildman–Crippen LogP) is -0.686. The molecule has 0 unspecified atom stereocenters. The molecule has 0 radical (unpaired) electrons. The molecule has 23 heavy (non-hydrogen) atoms. The van der Waals surface area contributed by atoms with Crippen molar-refractivity contribution in [3.05, 3.63) is 0 Å². The van der Waals surface area contributed by atoms with E-state index in [0.717, 1.165) is 0 Å². The fraction of sp³-hybridized carbons (Fsp3) is 0.583. The van der Waals surface area contributed by atoms with Gasteiger partial charge in [0.05, 0.1) is 19.3 Å². The van der Waals surface area contributed by atoms with Gasteiger partial charge < -0.3 is 25.5 Å². The minimum atomic E-state index is -2.01. The zero-order valence-electron chi connectivity index (χ0n) is 11.4. The van der Waals surface area contributed by atoms with Crippen molar-refractivity contribution < 1.29 is 49.5 Å². The molecule has 0 aromatic carbocycles. The number of rotatable bonds is 11. The third-order valence-electron chi connectivity index (χ3n) is 3.22. The van der Waals surface area contributed by atoms with Crippen LogP contribution in [0, 0.1) is 11.3 Å². The first-order valence-corrected chi connectivity index (χ1v) is 6.07. The third kappa shape index (κ3) is 9.66. The zero-order valence-corrected chi connectivity index (χ0v) is 11.4. The Morgan fingerprint density at radius 1 is 0.609 bits per heavy atom. The van der Waals surface area contributed by atoms with Crippen molar-refractivity contribution >= 4 is 81.2 Å². The Bertz CT molecular complexity index is 429. The van der Waals surface area contributed by atoms with Crippen LogP contribution in [-0.2, 0) is 24.0 Å². The molecule has 0 bridgehead atoms. The van der Waals surface area contributed by atoms with Gasteiger partial charge in [0.1, 0.15) is 0 Å². The second-order valence-corrected chi connectivity index (χ2v) is 4.97. The second kappa shape index (κ2) is 10.7. The number of aliphatic carboxylic acids is 5. The quantitative estimate of drug-likeness (QED) is 0.295. The summed E-state index contributed by atoms with van der Waals surface area (Å²) < 4.78 is 0. The molecule has 0 aliphatic heterocycles. The Morgan fingerprint density at radius 2 is 0.870 bits per heavy atom. The Morgan fingerprint density at radius 3 is 1.04 bits per heavy atom. The summed E-state index contributed by atoms with van der Waals surface area (Å²) in [4.78, 5) is 54.6. The van der Waals surface area contributed by atoms with Crippen LogP contribution in [0.4, 0.5) is 0 Å². The average Bonchev–Trinajstić information content (AvgIpc) is 2.23. The standard InChI is InChI=1S/C12H16O10.K.H/c13-7(14)1-6(2-8(15)16)12(3-9(17)18,4-10(19)20)5-11(21)22;;/h6H,1-5H2,(H,13,14)(H,15,16)(H,17,18)(H,19,20)(H,21,22);;. The molecule has 0 rings (SSSR count). The molecule has 0 heterocycles. The molecule has 0 spiro atoms. The minimum absolute atomic E-state index is 0. The summed E-state index contributed by atoms with van der Waals surface area (Å²) in [5.74, 6) is -9.02. The van der Waals surface area contributed by atoms with Gasteiger partial charge in [-0.1, -0.05) is 0 Å². The molecule has 0 amide bonds. The first kappa shape index (κ1) is 24.2. The van der Waals surface area contributed by atoms with E-state index in [0.29, 0.717) is 0 Å². The summed E-state index contributed by atoms with van der Waals surface area (Å²) in [6, 6.07) is 0. The van der Waals surface area contributed by atoms with Gasteiger partial charge in [-0.3, -0.25) is 24.0 Å². The van der Waals surface area contributed by atoms with E-state index in [1.54, 1.807) is 0 Å². The van der Waals surface area contributed by atoms with Crippen molar-refractivity contribution in [3.8, 4) is 0 Å². The van der Waals surface area contributed by atoms with E-state index in [4.69, 9.17) is 25.5 Å². The Balaban J connectivity index is 0. The molecule has 126 valence electrons. The molecular formula is C12H17KO10. The summed E-state index contributed by atoms with van der Waals surface area (Å²) in [6.45, 7) is 0. The van der Waals surface area contributed by atoms with E-state index in [2.05, 4.69) is 0 Å². The third-order valence-corrected chi connectivity index (χ3v) is 3.22. The first-order valence-electron chi connectivity index (χ1n) is 6.07. The van der Waals surface area contributed by atoms with Crippen LogP contribution >= 0.6 is 0 Å². The predicted molar refractivity (Wildman–Crippen MR) is 74.3 cm³/mol. The first-order chi connectivity index (χ1) is 9.98. The van der Waals surface area contributed by atoms with Crippen molar-refractivity contribution in [2.45, 2.75) is 32.1 Å². The molecule has 11 heteroatoms. The van der Waals surface area contributed by atoms with Gasteiger partial charge in [-0.25, -0.2) is 0 Å². The van der Waals surface area contributed by atoms with E-state index in [9.17, 15) is 24.0 Å². The number of carboxylic acid groups (broad SMARTS) is 5. The average molecular weight is 360 g/mol. The van der Waals surface area contributed by atoms with Gasteiger partial charge in [0.15, 0.2) is 0 Å². The van der Waals surface area contributed by atoms with Crippen molar-refractivity contribution in [3.63, 3.8) is 0 Å². The molecular weight excluding hydrogens is 343 g/mol. The maximum absolute atomic E-state index is 11.0. The van der Waals surface area contributed by atoms with Gasteiger partial charge in [0.2, 0.25) is 0 Å². The molecule has 0 atom stereocenters. The zero-order chi connectivity index (χ0) is 17.5. The topological polar surface area (TPSA) is 186 Å². The Kier molecular flexibility index (Phi) is 11.3. The van der Waals surface area contributed by atoms with Crippen molar-refractivity contribution in [2.75, 3.05) is 0 Å². The summed E-state index contributed by atoms with van der Waals surface area (Å²) >= 11 is 0. The monoisotopic (exact) mass is 360 g/mol. The summed E-state index contributed by atoms with van der Waals surface area (Å²) in [5, 5.41) is 44.4. The summed E-state index contributed by atoms with van der Waals surface area (Å²) in [7, 11) is 0. The number of carboxylic acids is 5.